The topological polar surface area (TPSA) is 49.0 Å². The molecule has 1 aliphatic heterocycles. The number of aromatic nitrogens is 2. The smallest absolute Gasteiger partial charge is 0.257 e. The van der Waals surface area contributed by atoms with E-state index in [1.54, 1.807) is 6.20 Å². The number of likely N-dealkylation sites (tertiary alicyclic amines) is 1. The van der Waals surface area contributed by atoms with Crippen LogP contribution >= 0.6 is 0 Å². The first-order chi connectivity index (χ1) is 7.22. The number of hydrogen-bond donors (Lipinski definition) is 1. The molecule has 82 valence electrons. The molecule has 1 aromatic rings. The summed E-state index contributed by atoms with van der Waals surface area (Å²) < 4.78 is 0. The minimum absolute atomic E-state index is 0.122. The minimum atomic E-state index is 0.122. The van der Waals surface area contributed by atoms with Gasteiger partial charge in [0.15, 0.2) is 0 Å². The van der Waals surface area contributed by atoms with Gasteiger partial charge in [0.1, 0.15) is 0 Å². The molecule has 15 heavy (non-hydrogen) atoms. The molecule has 0 radical (unpaired) electrons. The molecule has 1 aromatic heterocycles. The van der Waals surface area contributed by atoms with E-state index in [1.807, 2.05) is 11.8 Å². The van der Waals surface area contributed by atoms with Gasteiger partial charge in [-0.05, 0) is 19.3 Å². The first-order valence-electron chi connectivity index (χ1n) is 5.51. The fourth-order valence-corrected chi connectivity index (χ4v) is 2.09. The van der Waals surface area contributed by atoms with Gasteiger partial charge < -0.3 is 4.90 Å². The van der Waals surface area contributed by atoms with Crippen molar-refractivity contribution in [1.29, 1.82) is 0 Å². The van der Waals surface area contributed by atoms with Gasteiger partial charge in [-0.15, -0.1) is 0 Å². The first kappa shape index (κ1) is 10.2. The molecule has 0 bridgehead atoms. The third kappa shape index (κ3) is 1.89. The van der Waals surface area contributed by atoms with E-state index in [2.05, 4.69) is 17.1 Å². The molecule has 1 atom stereocenters. The van der Waals surface area contributed by atoms with Crippen molar-refractivity contribution in [3.8, 4) is 0 Å². The summed E-state index contributed by atoms with van der Waals surface area (Å²) in [6.45, 7) is 5.86. The van der Waals surface area contributed by atoms with Crippen molar-refractivity contribution in [3.05, 3.63) is 17.5 Å². The summed E-state index contributed by atoms with van der Waals surface area (Å²) in [5.41, 5.74) is 1.58. The van der Waals surface area contributed by atoms with Crippen molar-refractivity contribution < 1.29 is 4.79 Å². The monoisotopic (exact) mass is 207 g/mol. The summed E-state index contributed by atoms with van der Waals surface area (Å²) in [5.74, 6) is 0.804. The van der Waals surface area contributed by atoms with Crippen LogP contribution < -0.4 is 0 Å². The molecular weight excluding hydrogens is 190 g/mol. The van der Waals surface area contributed by atoms with E-state index in [1.165, 1.54) is 0 Å². The Labute approximate surface area is 89.7 Å². The van der Waals surface area contributed by atoms with Gasteiger partial charge in [-0.3, -0.25) is 9.89 Å². The van der Waals surface area contributed by atoms with E-state index in [9.17, 15) is 4.79 Å². The molecular formula is C11H17N3O. The van der Waals surface area contributed by atoms with Crippen LogP contribution in [0.25, 0.3) is 0 Å². The Morgan fingerprint density at radius 3 is 3.07 bits per heavy atom. The second kappa shape index (κ2) is 4.04. The maximum atomic E-state index is 12.1. The average molecular weight is 207 g/mol. The van der Waals surface area contributed by atoms with Gasteiger partial charge >= 0.3 is 0 Å². The van der Waals surface area contributed by atoms with Crippen LogP contribution in [-0.2, 0) is 0 Å². The number of carbonyl (C=O) groups is 1. The van der Waals surface area contributed by atoms with E-state index >= 15 is 0 Å². The van der Waals surface area contributed by atoms with Crippen molar-refractivity contribution in [1.82, 2.24) is 15.1 Å². The third-order valence-corrected chi connectivity index (χ3v) is 3.21. The van der Waals surface area contributed by atoms with Crippen LogP contribution in [0, 0.1) is 12.8 Å². The van der Waals surface area contributed by atoms with E-state index < -0.39 is 0 Å². The number of nitrogens with zero attached hydrogens (tertiary/aromatic N) is 2. The fourth-order valence-electron chi connectivity index (χ4n) is 2.09. The van der Waals surface area contributed by atoms with Gasteiger partial charge in [0.25, 0.3) is 5.91 Å². The Morgan fingerprint density at radius 2 is 2.53 bits per heavy atom. The van der Waals surface area contributed by atoms with Gasteiger partial charge in [-0.2, -0.15) is 5.10 Å². The van der Waals surface area contributed by atoms with Crippen molar-refractivity contribution in [2.75, 3.05) is 13.1 Å². The molecule has 0 aromatic carbocycles. The van der Waals surface area contributed by atoms with E-state index in [0.29, 0.717) is 11.5 Å². The van der Waals surface area contributed by atoms with Crippen LogP contribution in [0.2, 0.25) is 0 Å². The zero-order valence-electron chi connectivity index (χ0n) is 9.29. The van der Waals surface area contributed by atoms with Gasteiger partial charge in [0.2, 0.25) is 0 Å². The van der Waals surface area contributed by atoms with Crippen LogP contribution in [0.5, 0.6) is 0 Å². The predicted octanol–water partition coefficient (Wildman–Crippen LogP) is 1.59. The molecule has 1 amide bonds. The van der Waals surface area contributed by atoms with Crippen molar-refractivity contribution in [2.24, 2.45) is 5.92 Å². The summed E-state index contributed by atoms with van der Waals surface area (Å²) >= 11 is 0. The summed E-state index contributed by atoms with van der Waals surface area (Å²) in [6.07, 6.45) is 3.92. The predicted molar refractivity (Wildman–Crippen MR) is 57.6 cm³/mol. The van der Waals surface area contributed by atoms with Gasteiger partial charge in [-0.25, -0.2) is 0 Å². The van der Waals surface area contributed by atoms with E-state index in [-0.39, 0.29) is 5.91 Å². The summed E-state index contributed by atoms with van der Waals surface area (Å²) in [5, 5.41) is 6.68. The number of carbonyl (C=O) groups excluding carboxylic acids is 1. The van der Waals surface area contributed by atoms with Crippen LogP contribution in [0.3, 0.4) is 0 Å². The highest BCUT2D eigenvalue weighted by atomic mass is 16.2. The van der Waals surface area contributed by atoms with Crippen molar-refractivity contribution in [3.63, 3.8) is 0 Å². The summed E-state index contributed by atoms with van der Waals surface area (Å²) in [7, 11) is 0. The molecule has 2 rings (SSSR count). The number of amides is 1. The van der Waals surface area contributed by atoms with Crippen LogP contribution in [0.4, 0.5) is 0 Å². The lowest BCUT2D eigenvalue weighted by Crippen LogP contribution is -2.28. The molecule has 1 unspecified atom stereocenters. The molecule has 1 aliphatic rings. The van der Waals surface area contributed by atoms with Crippen molar-refractivity contribution in [2.45, 2.75) is 26.7 Å². The molecule has 0 aliphatic carbocycles. The van der Waals surface area contributed by atoms with Gasteiger partial charge in [0, 0.05) is 18.8 Å². The van der Waals surface area contributed by atoms with Crippen LogP contribution in [0.1, 0.15) is 35.8 Å². The molecule has 1 fully saturated rings. The quantitative estimate of drug-likeness (QED) is 0.800. The lowest BCUT2D eigenvalue weighted by atomic mass is 10.1. The number of rotatable bonds is 2. The SMILES string of the molecule is CCC1CCN(C(=O)c2cn[nH]c2C)C1. The highest BCUT2D eigenvalue weighted by molar-refractivity contribution is 5.95. The second-order valence-electron chi connectivity index (χ2n) is 4.22. The summed E-state index contributed by atoms with van der Waals surface area (Å²) in [6, 6.07) is 0. The normalized spacial score (nSPS) is 20.9. The molecule has 4 heteroatoms. The zero-order valence-corrected chi connectivity index (χ0v) is 9.29. The lowest BCUT2D eigenvalue weighted by Gasteiger charge is -2.15. The van der Waals surface area contributed by atoms with Crippen LogP contribution in [0.15, 0.2) is 6.20 Å². The number of hydrogen-bond acceptors (Lipinski definition) is 2. The van der Waals surface area contributed by atoms with Crippen LogP contribution in [-0.4, -0.2) is 34.1 Å². The lowest BCUT2D eigenvalue weighted by molar-refractivity contribution is 0.0786. The highest BCUT2D eigenvalue weighted by Crippen LogP contribution is 2.21. The maximum Gasteiger partial charge on any atom is 0.257 e. The number of H-pyrrole nitrogens is 1. The third-order valence-electron chi connectivity index (χ3n) is 3.21. The second-order valence-corrected chi connectivity index (χ2v) is 4.22. The van der Waals surface area contributed by atoms with E-state index in [0.717, 1.165) is 31.6 Å². The highest BCUT2D eigenvalue weighted by Gasteiger charge is 2.26. The number of nitrogens with one attached hydrogen (secondary N) is 1. The maximum absolute atomic E-state index is 12.1. The molecule has 4 nitrogen and oxygen atoms in total. The molecule has 1 N–H and O–H groups in total. The number of aryl methyl sites for hydroxylation is 1. The molecule has 1 saturated heterocycles. The zero-order chi connectivity index (χ0) is 10.8. The van der Waals surface area contributed by atoms with E-state index in [4.69, 9.17) is 0 Å². The van der Waals surface area contributed by atoms with Crippen molar-refractivity contribution >= 4 is 5.91 Å². The summed E-state index contributed by atoms with van der Waals surface area (Å²) in [4.78, 5) is 14.0. The largest absolute Gasteiger partial charge is 0.338 e. The Morgan fingerprint density at radius 1 is 1.73 bits per heavy atom. The number of aromatic amines is 1. The molecule has 0 saturated carbocycles. The fraction of sp³-hybridized carbons (Fsp3) is 0.636. The molecule has 0 spiro atoms. The first-order valence-corrected chi connectivity index (χ1v) is 5.51. The minimum Gasteiger partial charge on any atom is -0.338 e. The van der Waals surface area contributed by atoms with Gasteiger partial charge in [0.05, 0.1) is 11.8 Å². The Bertz CT molecular complexity index is 358. The molecule has 2 heterocycles. The Balaban J connectivity index is 2.07. The van der Waals surface area contributed by atoms with Gasteiger partial charge in [-0.1, -0.05) is 13.3 Å². The Hall–Kier alpha value is -1.32. The Kier molecular flexibility index (Phi) is 2.75. The average Bonchev–Trinajstić information content (AvgIpc) is 2.84. The standard InChI is InChI=1S/C11H17N3O/c1-3-9-4-5-14(7-9)11(15)10-6-12-13-8(10)2/h6,9H,3-5,7H2,1-2H3,(H,12,13).